The van der Waals surface area contributed by atoms with E-state index in [0.717, 1.165) is 21.3 Å². The van der Waals surface area contributed by atoms with Crippen LogP contribution in [0.1, 0.15) is 31.4 Å². The number of amides is 2. The molecule has 1 unspecified atom stereocenters. The Labute approximate surface area is 127 Å². The molecule has 4 nitrogen and oxygen atoms in total. The molecule has 5 heteroatoms. The van der Waals surface area contributed by atoms with Crippen LogP contribution >= 0.6 is 11.3 Å². The highest BCUT2D eigenvalue weighted by molar-refractivity contribution is 7.16. The Morgan fingerprint density at radius 1 is 1.43 bits per heavy atom. The SMILES string of the molecule is CCC(=O)NC(=O)C(C)C#Cc1c(C)ccc2scnc12. The van der Waals surface area contributed by atoms with Gasteiger partial charge < -0.3 is 0 Å². The first-order valence-corrected chi connectivity index (χ1v) is 7.59. The van der Waals surface area contributed by atoms with E-state index in [2.05, 4.69) is 22.1 Å². The molecular weight excluding hydrogens is 284 g/mol. The van der Waals surface area contributed by atoms with Crippen LogP contribution in [0.2, 0.25) is 0 Å². The van der Waals surface area contributed by atoms with Crippen molar-refractivity contribution >= 4 is 33.4 Å². The summed E-state index contributed by atoms with van der Waals surface area (Å²) in [5.74, 6) is 4.74. The lowest BCUT2D eigenvalue weighted by molar-refractivity contribution is -0.131. The molecule has 2 amide bonds. The van der Waals surface area contributed by atoms with Gasteiger partial charge in [0.2, 0.25) is 11.8 Å². The summed E-state index contributed by atoms with van der Waals surface area (Å²) in [5.41, 5.74) is 4.52. The number of nitrogens with zero attached hydrogens (tertiary/aromatic N) is 1. The molecule has 1 atom stereocenters. The number of imide groups is 1. The number of aromatic nitrogens is 1. The summed E-state index contributed by atoms with van der Waals surface area (Å²) < 4.78 is 1.07. The summed E-state index contributed by atoms with van der Waals surface area (Å²) in [4.78, 5) is 27.3. The van der Waals surface area contributed by atoms with Crippen molar-refractivity contribution in [1.29, 1.82) is 0 Å². The van der Waals surface area contributed by atoms with E-state index in [1.54, 1.807) is 30.7 Å². The fraction of sp³-hybridized carbons (Fsp3) is 0.312. The smallest absolute Gasteiger partial charge is 0.241 e. The summed E-state index contributed by atoms with van der Waals surface area (Å²) in [5, 5.41) is 2.32. The van der Waals surface area contributed by atoms with Crippen molar-refractivity contribution in [2.75, 3.05) is 0 Å². The highest BCUT2D eigenvalue weighted by atomic mass is 32.1. The number of nitrogens with one attached hydrogen (secondary N) is 1. The molecule has 0 bridgehead atoms. The average molecular weight is 300 g/mol. The molecule has 0 saturated carbocycles. The first kappa shape index (κ1) is 15.2. The van der Waals surface area contributed by atoms with Gasteiger partial charge in [-0.3, -0.25) is 14.9 Å². The van der Waals surface area contributed by atoms with Gasteiger partial charge in [0, 0.05) is 6.42 Å². The predicted octanol–water partition coefficient (Wildman–Crippen LogP) is 2.65. The maximum atomic E-state index is 11.8. The van der Waals surface area contributed by atoms with E-state index in [1.807, 2.05) is 19.1 Å². The lowest BCUT2D eigenvalue weighted by Gasteiger charge is -2.04. The Morgan fingerprint density at radius 2 is 2.19 bits per heavy atom. The van der Waals surface area contributed by atoms with Crippen LogP contribution in [0.25, 0.3) is 10.2 Å². The van der Waals surface area contributed by atoms with Gasteiger partial charge in [-0.15, -0.1) is 11.3 Å². The predicted molar refractivity (Wildman–Crippen MR) is 83.8 cm³/mol. The maximum Gasteiger partial charge on any atom is 0.241 e. The number of carbonyl (C=O) groups is 2. The van der Waals surface area contributed by atoms with Crippen molar-refractivity contribution in [1.82, 2.24) is 10.3 Å². The van der Waals surface area contributed by atoms with Crippen LogP contribution in [0, 0.1) is 24.7 Å². The number of hydrogen-bond acceptors (Lipinski definition) is 4. The van der Waals surface area contributed by atoms with Crippen LogP contribution < -0.4 is 5.32 Å². The molecule has 1 aromatic heterocycles. The van der Waals surface area contributed by atoms with Crippen LogP contribution in [0.15, 0.2) is 17.6 Å². The van der Waals surface area contributed by atoms with Gasteiger partial charge in [0.25, 0.3) is 0 Å². The van der Waals surface area contributed by atoms with Crippen molar-refractivity contribution in [3.8, 4) is 11.8 Å². The average Bonchev–Trinajstić information content (AvgIpc) is 2.94. The summed E-state index contributed by atoms with van der Waals surface area (Å²) in [6, 6.07) is 4.01. The second-order valence-corrected chi connectivity index (χ2v) is 5.60. The largest absolute Gasteiger partial charge is 0.295 e. The highest BCUT2D eigenvalue weighted by Crippen LogP contribution is 2.23. The standard InChI is InChI=1S/C16H16N2O2S/c1-4-14(19)18-16(20)11(3)5-7-12-10(2)6-8-13-15(12)17-9-21-13/h6,8-9,11H,4H2,1-3H3,(H,18,19,20). The molecule has 21 heavy (non-hydrogen) atoms. The van der Waals surface area contributed by atoms with Crippen molar-refractivity contribution in [2.24, 2.45) is 5.92 Å². The number of aryl methyl sites for hydroxylation is 1. The molecule has 2 aromatic rings. The zero-order valence-electron chi connectivity index (χ0n) is 12.2. The summed E-state index contributed by atoms with van der Waals surface area (Å²) in [6.07, 6.45) is 0.281. The summed E-state index contributed by atoms with van der Waals surface area (Å²) in [7, 11) is 0. The fourth-order valence-electron chi connectivity index (χ4n) is 1.77. The van der Waals surface area contributed by atoms with Gasteiger partial charge in [0.15, 0.2) is 0 Å². The van der Waals surface area contributed by atoms with Crippen molar-refractivity contribution in [2.45, 2.75) is 27.2 Å². The molecule has 0 aliphatic rings. The third-order valence-electron chi connectivity index (χ3n) is 3.10. The molecule has 0 fully saturated rings. The van der Waals surface area contributed by atoms with Crippen molar-refractivity contribution in [3.63, 3.8) is 0 Å². The van der Waals surface area contributed by atoms with E-state index in [0.29, 0.717) is 0 Å². The molecule has 108 valence electrons. The lowest BCUT2D eigenvalue weighted by Crippen LogP contribution is -2.33. The summed E-state index contributed by atoms with van der Waals surface area (Å²) >= 11 is 1.56. The molecule has 1 heterocycles. The molecule has 1 N–H and O–H groups in total. The minimum absolute atomic E-state index is 0.281. The Kier molecular flexibility index (Phi) is 4.71. The normalized spacial score (nSPS) is 11.6. The van der Waals surface area contributed by atoms with Gasteiger partial charge in [-0.25, -0.2) is 4.98 Å². The van der Waals surface area contributed by atoms with Crippen LogP contribution in [0.3, 0.4) is 0 Å². The van der Waals surface area contributed by atoms with E-state index in [1.165, 1.54) is 0 Å². The molecule has 0 saturated heterocycles. The van der Waals surface area contributed by atoms with E-state index in [9.17, 15) is 9.59 Å². The molecule has 0 spiro atoms. The van der Waals surface area contributed by atoms with Crippen LogP contribution in [0.5, 0.6) is 0 Å². The zero-order chi connectivity index (χ0) is 15.4. The Bertz CT molecular complexity index is 752. The number of rotatable bonds is 2. The first-order valence-electron chi connectivity index (χ1n) is 6.71. The minimum Gasteiger partial charge on any atom is -0.295 e. The molecule has 0 aliphatic carbocycles. The quantitative estimate of drug-likeness (QED) is 0.867. The Balaban J connectivity index is 2.24. The van der Waals surface area contributed by atoms with Crippen LogP contribution in [-0.2, 0) is 9.59 Å². The third-order valence-corrected chi connectivity index (χ3v) is 3.90. The Morgan fingerprint density at radius 3 is 2.90 bits per heavy atom. The minimum atomic E-state index is -0.547. The number of thiazole rings is 1. The first-order chi connectivity index (χ1) is 10.0. The number of hydrogen-bond donors (Lipinski definition) is 1. The highest BCUT2D eigenvalue weighted by Gasteiger charge is 2.12. The third kappa shape index (κ3) is 3.47. The van der Waals surface area contributed by atoms with Crippen molar-refractivity contribution < 1.29 is 9.59 Å². The second-order valence-electron chi connectivity index (χ2n) is 4.71. The van der Waals surface area contributed by atoms with Crippen LogP contribution in [0.4, 0.5) is 0 Å². The molecule has 1 aromatic carbocycles. The zero-order valence-corrected chi connectivity index (χ0v) is 13.0. The molecule has 0 radical (unpaired) electrons. The topological polar surface area (TPSA) is 59.1 Å². The van der Waals surface area contributed by atoms with Crippen LogP contribution in [-0.4, -0.2) is 16.8 Å². The van der Waals surface area contributed by atoms with Crippen molar-refractivity contribution in [3.05, 3.63) is 28.8 Å². The van der Waals surface area contributed by atoms with Gasteiger partial charge in [0.1, 0.15) is 0 Å². The molecule has 0 aliphatic heterocycles. The monoisotopic (exact) mass is 300 g/mol. The molecular formula is C16H16N2O2S. The second kappa shape index (κ2) is 6.51. The fourth-order valence-corrected chi connectivity index (χ4v) is 2.45. The number of carbonyl (C=O) groups excluding carboxylic acids is 2. The van der Waals surface area contributed by atoms with E-state index in [4.69, 9.17) is 0 Å². The molecule has 2 rings (SSSR count). The number of benzene rings is 1. The Hall–Kier alpha value is -2.19. The van der Waals surface area contributed by atoms with Gasteiger partial charge in [-0.2, -0.15) is 0 Å². The van der Waals surface area contributed by atoms with Gasteiger partial charge in [-0.1, -0.05) is 24.8 Å². The summed E-state index contributed by atoms with van der Waals surface area (Å²) in [6.45, 7) is 5.35. The lowest BCUT2D eigenvalue weighted by atomic mass is 10.1. The van der Waals surface area contributed by atoms with Gasteiger partial charge in [-0.05, 0) is 25.5 Å². The van der Waals surface area contributed by atoms with Gasteiger partial charge >= 0.3 is 0 Å². The van der Waals surface area contributed by atoms with Gasteiger partial charge in [0.05, 0.1) is 27.2 Å². The van der Waals surface area contributed by atoms with E-state index >= 15 is 0 Å². The number of fused-ring (bicyclic) bond motifs is 1. The maximum absolute atomic E-state index is 11.8. The van der Waals surface area contributed by atoms with E-state index in [-0.39, 0.29) is 18.2 Å². The van der Waals surface area contributed by atoms with E-state index < -0.39 is 5.92 Å².